The van der Waals surface area contributed by atoms with Crippen LogP contribution in [-0.2, 0) is 11.8 Å². The summed E-state index contributed by atoms with van der Waals surface area (Å²) in [7, 11) is 1.80. The van der Waals surface area contributed by atoms with Crippen molar-refractivity contribution >= 4 is 47.0 Å². The number of nitrogens with zero attached hydrogens (tertiary/aromatic N) is 1. The van der Waals surface area contributed by atoms with Crippen LogP contribution in [-0.4, -0.2) is 21.5 Å². The van der Waals surface area contributed by atoms with E-state index in [0.717, 1.165) is 11.3 Å². The van der Waals surface area contributed by atoms with E-state index in [2.05, 4.69) is 0 Å². The Balaban J connectivity index is 2.18. The summed E-state index contributed by atoms with van der Waals surface area (Å²) in [6.45, 7) is 0. The fraction of sp³-hybridized carbons (Fsp3) is 0.0588. The molecule has 2 aromatic rings. The van der Waals surface area contributed by atoms with Gasteiger partial charge in [-0.05, 0) is 42.0 Å². The standard InChI is InChI=1S/C17H14Cl2N2O3/c1-21-10-11(9-12(21)6-8-16(23)20-24)5-7-15(22)13-3-2-4-14(18)17(13)19/h2-10,24H,1H3,(H,20,23)/b7-5+,8-6+. The number of rotatable bonds is 5. The molecule has 0 aliphatic carbocycles. The van der Waals surface area contributed by atoms with Crippen LogP contribution in [0.15, 0.2) is 42.6 Å². The summed E-state index contributed by atoms with van der Waals surface area (Å²) in [4.78, 5) is 23.2. The van der Waals surface area contributed by atoms with Crippen LogP contribution in [0, 0.1) is 0 Å². The zero-order valence-corrected chi connectivity index (χ0v) is 14.2. The predicted molar refractivity (Wildman–Crippen MR) is 94.2 cm³/mol. The normalized spacial score (nSPS) is 11.3. The van der Waals surface area contributed by atoms with E-state index in [1.54, 1.807) is 54.2 Å². The fourth-order valence-electron chi connectivity index (χ4n) is 2.02. The van der Waals surface area contributed by atoms with Crippen molar-refractivity contribution in [2.45, 2.75) is 0 Å². The second kappa shape index (κ2) is 7.97. The van der Waals surface area contributed by atoms with Gasteiger partial charge in [0.15, 0.2) is 5.78 Å². The van der Waals surface area contributed by atoms with E-state index in [-0.39, 0.29) is 10.8 Å². The first-order valence-electron chi connectivity index (χ1n) is 6.87. The maximum Gasteiger partial charge on any atom is 0.267 e. The maximum absolute atomic E-state index is 12.2. The van der Waals surface area contributed by atoms with Crippen molar-refractivity contribution in [3.8, 4) is 0 Å². The lowest BCUT2D eigenvalue weighted by molar-refractivity contribution is -0.124. The Hall–Kier alpha value is -2.34. The van der Waals surface area contributed by atoms with Gasteiger partial charge in [0, 0.05) is 30.6 Å². The van der Waals surface area contributed by atoms with Crippen LogP contribution in [0.2, 0.25) is 10.0 Å². The summed E-state index contributed by atoms with van der Waals surface area (Å²) < 4.78 is 1.78. The number of carbonyl (C=O) groups excluding carboxylic acids is 2. The minimum absolute atomic E-state index is 0.223. The Morgan fingerprint density at radius 3 is 2.67 bits per heavy atom. The molecule has 2 N–H and O–H groups in total. The maximum atomic E-state index is 12.2. The highest BCUT2D eigenvalue weighted by Gasteiger charge is 2.10. The highest BCUT2D eigenvalue weighted by Crippen LogP contribution is 2.26. The monoisotopic (exact) mass is 364 g/mol. The topological polar surface area (TPSA) is 71.3 Å². The van der Waals surface area contributed by atoms with Crippen molar-refractivity contribution in [2.24, 2.45) is 7.05 Å². The van der Waals surface area contributed by atoms with E-state index in [1.165, 1.54) is 17.6 Å². The summed E-state index contributed by atoms with van der Waals surface area (Å²) in [5, 5.41) is 9.00. The molecule has 5 nitrogen and oxygen atoms in total. The van der Waals surface area contributed by atoms with Gasteiger partial charge >= 0.3 is 0 Å². The Bertz CT molecular complexity index is 838. The van der Waals surface area contributed by atoms with Crippen LogP contribution in [0.25, 0.3) is 12.2 Å². The van der Waals surface area contributed by atoms with Crippen molar-refractivity contribution in [1.29, 1.82) is 0 Å². The van der Waals surface area contributed by atoms with Crippen LogP contribution in [0.5, 0.6) is 0 Å². The third-order valence-electron chi connectivity index (χ3n) is 3.22. The molecule has 0 fully saturated rings. The van der Waals surface area contributed by atoms with Crippen LogP contribution >= 0.6 is 23.2 Å². The molecule has 0 atom stereocenters. The Kier molecular flexibility index (Phi) is 5.98. The molecule has 0 spiro atoms. The highest BCUT2D eigenvalue weighted by molar-refractivity contribution is 6.44. The number of ketones is 1. The number of allylic oxidation sites excluding steroid dienone is 1. The average Bonchev–Trinajstić information content (AvgIpc) is 2.92. The van der Waals surface area contributed by atoms with Gasteiger partial charge in [-0.15, -0.1) is 0 Å². The number of hydrogen-bond donors (Lipinski definition) is 2. The molecular formula is C17H14Cl2N2O3. The quantitative estimate of drug-likeness (QED) is 0.367. The number of benzene rings is 1. The third kappa shape index (κ3) is 4.35. The van der Waals surface area contributed by atoms with Gasteiger partial charge in [-0.1, -0.05) is 29.3 Å². The van der Waals surface area contributed by atoms with Gasteiger partial charge < -0.3 is 4.57 Å². The zero-order chi connectivity index (χ0) is 17.7. The summed E-state index contributed by atoms with van der Waals surface area (Å²) >= 11 is 11.9. The summed E-state index contributed by atoms with van der Waals surface area (Å²) in [5.41, 5.74) is 3.34. The molecule has 0 aliphatic heterocycles. The summed E-state index contributed by atoms with van der Waals surface area (Å²) in [6, 6.07) is 6.66. The van der Waals surface area contributed by atoms with Crippen molar-refractivity contribution in [1.82, 2.24) is 10.0 Å². The first-order chi connectivity index (χ1) is 11.4. The van der Waals surface area contributed by atoms with E-state index in [9.17, 15) is 9.59 Å². The van der Waals surface area contributed by atoms with E-state index >= 15 is 0 Å². The number of hydrogen-bond acceptors (Lipinski definition) is 3. The molecule has 0 radical (unpaired) electrons. The Morgan fingerprint density at radius 2 is 1.96 bits per heavy atom. The summed E-state index contributed by atoms with van der Waals surface area (Å²) in [5.74, 6) is -0.887. The first-order valence-corrected chi connectivity index (χ1v) is 7.63. The smallest absolute Gasteiger partial charge is 0.267 e. The SMILES string of the molecule is Cn1cc(/C=C/C(=O)c2cccc(Cl)c2Cl)cc1/C=C/C(=O)NO. The van der Waals surface area contributed by atoms with Gasteiger partial charge in [0.25, 0.3) is 5.91 Å². The molecule has 0 saturated heterocycles. The van der Waals surface area contributed by atoms with E-state index in [1.807, 2.05) is 0 Å². The zero-order valence-electron chi connectivity index (χ0n) is 12.7. The van der Waals surface area contributed by atoms with Crippen LogP contribution in [0.4, 0.5) is 0 Å². The number of nitrogens with one attached hydrogen (secondary N) is 1. The lowest BCUT2D eigenvalue weighted by Gasteiger charge is -2.01. The number of aryl methyl sites for hydroxylation is 1. The van der Waals surface area contributed by atoms with Crippen molar-refractivity contribution in [3.05, 3.63) is 69.5 Å². The molecule has 7 heteroatoms. The lowest BCUT2D eigenvalue weighted by Crippen LogP contribution is -2.14. The molecule has 124 valence electrons. The van der Waals surface area contributed by atoms with Crippen molar-refractivity contribution in [3.63, 3.8) is 0 Å². The minimum atomic E-state index is -0.626. The number of hydroxylamine groups is 1. The number of halogens is 2. The van der Waals surface area contributed by atoms with Crippen LogP contribution in [0.1, 0.15) is 21.6 Å². The molecular weight excluding hydrogens is 351 g/mol. The predicted octanol–water partition coefficient (Wildman–Crippen LogP) is 3.75. The van der Waals surface area contributed by atoms with E-state index in [0.29, 0.717) is 10.6 Å². The van der Waals surface area contributed by atoms with Gasteiger partial charge in [-0.2, -0.15) is 0 Å². The van der Waals surface area contributed by atoms with Crippen molar-refractivity contribution < 1.29 is 14.8 Å². The average molecular weight is 365 g/mol. The Morgan fingerprint density at radius 1 is 1.21 bits per heavy atom. The van der Waals surface area contributed by atoms with Gasteiger partial charge in [-0.3, -0.25) is 14.8 Å². The number of carbonyl (C=O) groups is 2. The molecule has 0 bridgehead atoms. The second-order valence-electron chi connectivity index (χ2n) is 4.92. The van der Waals surface area contributed by atoms with Gasteiger partial charge in [0.2, 0.25) is 0 Å². The third-order valence-corrected chi connectivity index (χ3v) is 4.04. The molecule has 1 aromatic carbocycles. The Labute approximate surface area is 148 Å². The van der Waals surface area contributed by atoms with Crippen LogP contribution in [0.3, 0.4) is 0 Å². The van der Waals surface area contributed by atoms with Gasteiger partial charge in [-0.25, -0.2) is 5.48 Å². The molecule has 0 aliphatic rings. The van der Waals surface area contributed by atoms with Crippen molar-refractivity contribution in [2.75, 3.05) is 0 Å². The van der Waals surface area contributed by atoms with E-state index in [4.69, 9.17) is 28.4 Å². The minimum Gasteiger partial charge on any atom is -0.350 e. The molecule has 1 aromatic heterocycles. The number of aromatic nitrogens is 1. The van der Waals surface area contributed by atoms with Gasteiger partial charge in [0.1, 0.15) is 0 Å². The van der Waals surface area contributed by atoms with Crippen LogP contribution < -0.4 is 5.48 Å². The molecule has 1 amide bonds. The number of amides is 1. The molecule has 24 heavy (non-hydrogen) atoms. The molecule has 0 saturated carbocycles. The molecule has 1 heterocycles. The fourth-order valence-corrected chi connectivity index (χ4v) is 2.41. The molecule has 0 unspecified atom stereocenters. The highest BCUT2D eigenvalue weighted by atomic mass is 35.5. The second-order valence-corrected chi connectivity index (χ2v) is 5.70. The largest absolute Gasteiger partial charge is 0.350 e. The first kappa shape index (κ1) is 18.0. The molecule has 2 rings (SSSR count). The lowest BCUT2D eigenvalue weighted by atomic mass is 10.1. The van der Waals surface area contributed by atoms with E-state index < -0.39 is 5.91 Å². The summed E-state index contributed by atoms with van der Waals surface area (Å²) in [6.07, 6.45) is 7.57. The van der Waals surface area contributed by atoms with Gasteiger partial charge in [0.05, 0.1) is 10.0 Å².